The second-order valence-electron chi connectivity index (χ2n) is 4.48. The molecular weight excluding hydrogens is 234 g/mol. The molecule has 1 amide bonds. The maximum atomic E-state index is 11.9. The first-order chi connectivity index (χ1) is 8.45. The fourth-order valence-electron chi connectivity index (χ4n) is 1.67. The number of carbonyl (C=O) groups excluding carboxylic acids is 2. The zero-order valence-corrected chi connectivity index (χ0v) is 11.1. The van der Waals surface area contributed by atoms with Gasteiger partial charge < -0.3 is 14.5 Å². The first-order valence-electron chi connectivity index (χ1n) is 5.86. The van der Waals surface area contributed by atoms with Gasteiger partial charge in [0.25, 0.3) is 0 Å². The van der Waals surface area contributed by atoms with Crippen LogP contribution in [0, 0.1) is 18.8 Å². The summed E-state index contributed by atoms with van der Waals surface area (Å²) in [7, 11) is 1.28. The number of furan rings is 1. The molecule has 0 aliphatic heterocycles. The molecule has 0 aromatic carbocycles. The topological polar surface area (TPSA) is 68.5 Å². The molecule has 0 spiro atoms. The van der Waals surface area contributed by atoms with Crippen LogP contribution in [0.2, 0.25) is 0 Å². The smallest absolute Gasteiger partial charge is 0.318 e. The number of aryl methyl sites for hydroxylation is 1. The summed E-state index contributed by atoms with van der Waals surface area (Å²) in [6.07, 6.45) is 0. The van der Waals surface area contributed by atoms with E-state index in [9.17, 15) is 9.59 Å². The normalized spacial score (nSPS) is 12.3. The summed E-state index contributed by atoms with van der Waals surface area (Å²) in [5, 5.41) is 2.68. The van der Waals surface area contributed by atoms with Crippen LogP contribution in [0.15, 0.2) is 16.5 Å². The molecule has 1 aromatic rings. The van der Waals surface area contributed by atoms with Crippen LogP contribution in [-0.4, -0.2) is 19.0 Å². The minimum absolute atomic E-state index is 0.115. The van der Waals surface area contributed by atoms with Gasteiger partial charge >= 0.3 is 5.97 Å². The molecule has 0 saturated carbocycles. The third-order valence-corrected chi connectivity index (χ3v) is 2.64. The summed E-state index contributed by atoms with van der Waals surface area (Å²) in [5.41, 5.74) is 0. The van der Waals surface area contributed by atoms with Crippen molar-refractivity contribution in [2.75, 3.05) is 7.11 Å². The van der Waals surface area contributed by atoms with Gasteiger partial charge in [-0.2, -0.15) is 0 Å². The van der Waals surface area contributed by atoms with Gasteiger partial charge in [0, 0.05) is 0 Å². The molecule has 5 heteroatoms. The Balaban J connectivity index is 2.59. The zero-order valence-electron chi connectivity index (χ0n) is 11.1. The van der Waals surface area contributed by atoms with Gasteiger partial charge in [-0.1, -0.05) is 13.8 Å². The summed E-state index contributed by atoms with van der Waals surface area (Å²) in [5.74, 6) is -0.313. The molecule has 1 unspecified atom stereocenters. The average Bonchev–Trinajstić information content (AvgIpc) is 2.72. The lowest BCUT2D eigenvalue weighted by atomic mass is 9.95. The SMILES string of the molecule is COC(=O)C(C(=O)NCc1ccc(C)o1)C(C)C. The fourth-order valence-corrected chi connectivity index (χ4v) is 1.67. The Labute approximate surface area is 106 Å². The van der Waals surface area contributed by atoms with E-state index in [1.54, 1.807) is 19.9 Å². The molecule has 1 rings (SSSR count). The Morgan fingerprint density at radius 2 is 2.06 bits per heavy atom. The fraction of sp³-hybridized carbons (Fsp3) is 0.538. The van der Waals surface area contributed by atoms with Gasteiger partial charge in [0.1, 0.15) is 17.4 Å². The number of rotatable bonds is 5. The predicted molar refractivity (Wildman–Crippen MR) is 65.6 cm³/mol. The molecule has 0 aliphatic carbocycles. The number of hydrogen-bond acceptors (Lipinski definition) is 4. The van der Waals surface area contributed by atoms with Crippen molar-refractivity contribution in [2.24, 2.45) is 11.8 Å². The predicted octanol–water partition coefficient (Wildman–Crippen LogP) is 1.65. The molecule has 0 saturated heterocycles. The van der Waals surface area contributed by atoms with Gasteiger partial charge in [-0.15, -0.1) is 0 Å². The van der Waals surface area contributed by atoms with Gasteiger partial charge in [-0.05, 0) is 25.0 Å². The van der Waals surface area contributed by atoms with E-state index < -0.39 is 11.9 Å². The van der Waals surface area contributed by atoms with E-state index in [0.29, 0.717) is 5.76 Å². The Morgan fingerprint density at radius 3 is 2.50 bits per heavy atom. The number of ether oxygens (including phenoxy) is 1. The van der Waals surface area contributed by atoms with E-state index in [4.69, 9.17) is 4.42 Å². The Kier molecular flexibility index (Phi) is 4.95. The number of amides is 1. The number of esters is 1. The van der Waals surface area contributed by atoms with Crippen molar-refractivity contribution < 1.29 is 18.7 Å². The van der Waals surface area contributed by atoms with Crippen LogP contribution >= 0.6 is 0 Å². The van der Waals surface area contributed by atoms with E-state index in [2.05, 4.69) is 10.1 Å². The molecule has 1 heterocycles. The van der Waals surface area contributed by atoms with Crippen molar-refractivity contribution in [1.82, 2.24) is 5.32 Å². The summed E-state index contributed by atoms with van der Waals surface area (Å²) < 4.78 is 9.96. The van der Waals surface area contributed by atoms with Crippen molar-refractivity contribution in [2.45, 2.75) is 27.3 Å². The quantitative estimate of drug-likeness (QED) is 0.640. The second kappa shape index (κ2) is 6.23. The first kappa shape index (κ1) is 14.3. The molecule has 5 nitrogen and oxygen atoms in total. The zero-order chi connectivity index (χ0) is 13.7. The monoisotopic (exact) mass is 253 g/mol. The summed E-state index contributed by atoms with van der Waals surface area (Å²) in [6, 6.07) is 3.61. The Hall–Kier alpha value is -1.78. The highest BCUT2D eigenvalue weighted by Gasteiger charge is 2.30. The maximum Gasteiger partial charge on any atom is 0.318 e. The standard InChI is InChI=1S/C13H19NO4/c1-8(2)11(13(16)17-4)12(15)14-7-10-6-5-9(3)18-10/h5-6,8,11H,7H2,1-4H3,(H,14,15). The van der Waals surface area contributed by atoms with Crippen LogP contribution in [0.3, 0.4) is 0 Å². The maximum absolute atomic E-state index is 11.9. The molecule has 0 aliphatic rings. The Morgan fingerprint density at radius 1 is 1.39 bits per heavy atom. The highest BCUT2D eigenvalue weighted by Crippen LogP contribution is 2.13. The lowest BCUT2D eigenvalue weighted by molar-refractivity contribution is -0.152. The van der Waals surface area contributed by atoms with Crippen LogP contribution < -0.4 is 5.32 Å². The molecule has 1 N–H and O–H groups in total. The average molecular weight is 253 g/mol. The molecule has 1 atom stereocenters. The summed E-state index contributed by atoms with van der Waals surface area (Å²) >= 11 is 0. The lowest BCUT2D eigenvalue weighted by Crippen LogP contribution is -2.38. The van der Waals surface area contributed by atoms with E-state index in [-0.39, 0.29) is 18.4 Å². The number of carbonyl (C=O) groups is 2. The van der Waals surface area contributed by atoms with Gasteiger partial charge in [0.2, 0.25) is 5.91 Å². The van der Waals surface area contributed by atoms with Crippen molar-refractivity contribution in [3.8, 4) is 0 Å². The molecule has 0 radical (unpaired) electrons. The minimum atomic E-state index is -0.786. The molecule has 0 fully saturated rings. The highest BCUT2D eigenvalue weighted by atomic mass is 16.5. The molecule has 100 valence electrons. The van der Waals surface area contributed by atoms with Gasteiger partial charge in [0.05, 0.1) is 13.7 Å². The third-order valence-electron chi connectivity index (χ3n) is 2.64. The van der Waals surface area contributed by atoms with Crippen LogP contribution in [0.25, 0.3) is 0 Å². The lowest BCUT2D eigenvalue weighted by Gasteiger charge is -2.17. The van der Waals surface area contributed by atoms with Crippen LogP contribution in [0.1, 0.15) is 25.4 Å². The van der Waals surface area contributed by atoms with Crippen LogP contribution in [0.5, 0.6) is 0 Å². The second-order valence-corrected chi connectivity index (χ2v) is 4.48. The molecule has 0 bridgehead atoms. The minimum Gasteiger partial charge on any atom is -0.468 e. The van der Waals surface area contributed by atoms with E-state index in [1.165, 1.54) is 7.11 Å². The number of hydrogen-bond donors (Lipinski definition) is 1. The first-order valence-corrected chi connectivity index (χ1v) is 5.86. The third kappa shape index (κ3) is 3.61. The van der Waals surface area contributed by atoms with E-state index in [0.717, 1.165) is 5.76 Å². The Bertz CT molecular complexity index is 422. The summed E-state index contributed by atoms with van der Waals surface area (Å²) in [6.45, 7) is 5.71. The van der Waals surface area contributed by atoms with Crippen molar-refractivity contribution >= 4 is 11.9 Å². The van der Waals surface area contributed by atoms with E-state index in [1.807, 2.05) is 13.0 Å². The van der Waals surface area contributed by atoms with Crippen molar-refractivity contribution in [3.63, 3.8) is 0 Å². The molecular formula is C13H19NO4. The largest absolute Gasteiger partial charge is 0.468 e. The van der Waals surface area contributed by atoms with Gasteiger partial charge in [-0.3, -0.25) is 9.59 Å². The number of nitrogens with one attached hydrogen (secondary N) is 1. The molecule has 1 aromatic heterocycles. The molecule has 18 heavy (non-hydrogen) atoms. The van der Waals surface area contributed by atoms with Crippen LogP contribution in [-0.2, 0) is 20.9 Å². The van der Waals surface area contributed by atoms with Crippen LogP contribution in [0.4, 0.5) is 0 Å². The van der Waals surface area contributed by atoms with Gasteiger partial charge in [0.15, 0.2) is 0 Å². The highest BCUT2D eigenvalue weighted by molar-refractivity contribution is 5.97. The number of methoxy groups -OCH3 is 1. The van der Waals surface area contributed by atoms with Gasteiger partial charge in [-0.25, -0.2) is 0 Å². The summed E-state index contributed by atoms with van der Waals surface area (Å²) in [4.78, 5) is 23.4. The van der Waals surface area contributed by atoms with Crippen molar-refractivity contribution in [1.29, 1.82) is 0 Å². The van der Waals surface area contributed by atoms with E-state index >= 15 is 0 Å². The van der Waals surface area contributed by atoms with Crippen molar-refractivity contribution in [3.05, 3.63) is 23.7 Å².